The van der Waals surface area contributed by atoms with Crippen molar-refractivity contribution in [1.82, 2.24) is 0 Å². The molecule has 10 heavy (non-hydrogen) atoms. The molecule has 0 heterocycles. The molecule has 0 amide bonds. The first-order chi connectivity index (χ1) is 4.54. The molecule has 0 saturated heterocycles. The van der Waals surface area contributed by atoms with Crippen LogP contribution >= 0.6 is 0 Å². The van der Waals surface area contributed by atoms with Crippen LogP contribution in [0, 0.1) is 0 Å². The molecule has 0 unspecified atom stereocenters. The van der Waals surface area contributed by atoms with Gasteiger partial charge in [-0.05, 0) is 20.3 Å². The van der Waals surface area contributed by atoms with Gasteiger partial charge in [-0.1, -0.05) is 0 Å². The molecule has 0 aliphatic rings. The second-order valence-electron chi connectivity index (χ2n) is 2.46. The van der Waals surface area contributed by atoms with Crippen LogP contribution in [0.2, 0.25) is 0 Å². The highest BCUT2D eigenvalue weighted by atomic mass is 16.1. The average Bonchev–Trinajstić information content (AvgIpc) is 1.82. The minimum absolute atomic E-state index is 0.0544. The Morgan fingerprint density at radius 1 is 1.40 bits per heavy atom. The Kier molecular flexibility index (Phi) is 3.88. The van der Waals surface area contributed by atoms with Crippen LogP contribution in [0.4, 0.5) is 0 Å². The summed E-state index contributed by atoms with van der Waals surface area (Å²) in [5.74, 6) is 0.0259. The molecule has 0 aliphatic carbocycles. The Morgan fingerprint density at radius 3 is 2.20 bits per heavy atom. The van der Waals surface area contributed by atoms with Crippen molar-refractivity contribution in [2.75, 3.05) is 0 Å². The Labute approximate surface area is 60.6 Å². The van der Waals surface area contributed by atoms with Gasteiger partial charge in [0.15, 0.2) is 0 Å². The minimum atomic E-state index is -0.455. The lowest BCUT2D eigenvalue weighted by molar-refractivity contribution is -0.119. The van der Waals surface area contributed by atoms with Crippen LogP contribution in [0.5, 0.6) is 0 Å². The van der Waals surface area contributed by atoms with Crippen molar-refractivity contribution in [3.8, 4) is 0 Å². The molecule has 3 heteroatoms. The Morgan fingerprint density at radius 2 is 1.90 bits per heavy atom. The first-order valence-electron chi connectivity index (χ1n) is 3.29. The van der Waals surface area contributed by atoms with Crippen molar-refractivity contribution in [3.63, 3.8) is 0 Å². The van der Waals surface area contributed by atoms with Gasteiger partial charge in [0.1, 0.15) is 11.6 Å². The van der Waals surface area contributed by atoms with Gasteiger partial charge in [-0.15, -0.1) is 0 Å². The molecule has 0 aliphatic heterocycles. The van der Waals surface area contributed by atoms with Crippen LogP contribution < -0.4 is 5.73 Å². The van der Waals surface area contributed by atoms with Gasteiger partial charge in [-0.2, -0.15) is 0 Å². The summed E-state index contributed by atoms with van der Waals surface area (Å²) < 4.78 is 0. The summed E-state index contributed by atoms with van der Waals surface area (Å²) in [5, 5.41) is 0. The van der Waals surface area contributed by atoms with E-state index < -0.39 is 6.04 Å². The fourth-order valence-corrected chi connectivity index (χ4v) is 0.562. The summed E-state index contributed by atoms with van der Waals surface area (Å²) in [5.41, 5.74) is 5.36. The molecule has 1 atom stereocenters. The lowest BCUT2D eigenvalue weighted by Gasteiger charge is -2.03. The Hall–Kier alpha value is -0.700. The predicted molar refractivity (Wildman–Crippen MR) is 38.6 cm³/mol. The fraction of sp³-hybridized carbons (Fsp3) is 0.714. The summed E-state index contributed by atoms with van der Waals surface area (Å²) in [6, 6.07) is -0.455. The van der Waals surface area contributed by atoms with Crippen LogP contribution in [-0.2, 0) is 9.59 Å². The molecule has 0 radical (unpaired) electrons. The van der Waals surface area contributed by atoms with Gasteiger partial charge in [0.25, 0.3) is 0 Å². The molecule has 0 rings (SSSR count). The Bertz CT molecular complexity index is 143. The largest absolute Gasteiger partial charge is 0.322 e. The number of Topliss-reactive ketones (excluding diaryl/α,β-unsaturated/α-hetero) is 2. The monoisotopic (exact) mass is 143 g/mol. The first-order valence-corrected chi connectivity index (χ1v) is 3.29. The summed E-state index contributed by atoms with van der Waals surface area (Å²) >= 11 is 0. The maximum Gasteiger partial charge on any atom is 0.146 e. The minimum Gasteiger partial charge on any atom is -0.322 e. The van der Waals surface area contributed by atoms with Gasteiger partial charge < -0.3 is 10.5 Å². The smallest absolute Gasteiger partial charge is 0.146 e. The van der Waals surface area contributed by atoms with E-state index in [1.165, 1.54) is 13.8 Å². The number of ketones is 2. The van der Waals surface area contributed by atoms with Crippen LogP contribution in [-0.4, -0.2) is 17.6 Å². The van der Waals surface area contributed by atoms with Crippen molar-refractivity contribution in [2.24, 2.45) is 5.73 Å². The molecule has 0 fully saturated rings. The maximum absolute atomic E-state index is 10.5. The molecule has 0 aromatic heterocycles. The zero-order chi connectivity index (χ0) is 8.15. The number of carbonyl (C=O) groups excluding carboxylic acids is 2. The SMILES string of the molecule is CC(=O)CC[C@H](N)C(C)=O. The third-order valence-electron chi connectivity index (χ3n) is 1.33. The van der Waals surface area contributed by atoms with E-state index >= 15 is 0 Å². The van der Waals surface area contributed by atoms with Crippen LogP contribution in [0.1, 0.15) is 26.7 Å². The summed E-state index contributed by atoms with van der Waals surface area (Å²) in [6.45, 7) is 2.93. The quantitative estimate of drug-likeness (QED) is 0.614. The van der Waals surface area contributed by atoms with Gasteiger partial charge in [0.2, 0.25) is 0 Å². The number of hydrogen-bond acceptors (Lipinski definition) is 3. The zero-order valence-corrected chi connectivity index (χ0v) is 6.39. The summed E-state index contributed by atoms with van der Waals surface area (Å²) in [6.07, 6.45) is 0.880. The molecule has 0 spiro atoms. The van der Waals surface area contributed by atoms with E-state index in [0.717, 1.165) is 0 Å². The molecule has 2 N–H and O–H groups in total. The molecule has 0 bridgehead atoms. The highest BCUT2D eigenvalue weighted by molar-refractivity contribution is 5.82. The summed E-state index contributed by atoms with van der Waals surface area (Å²) in [7, 11) is 0. The van der Waals surface area contributed by atoms with Crippen molar-refractivity contribution < 1.29 is 9.59 Å². The Balaban J connectivity index is 3.49. The van der Waals surface area contributed by atoms with Crippen molar-refractivity contribution in [1.29, 1.82) is 0 Å². The number of hydrogen-bond donors (Lipinski definition) is 1. The van der Waals surface area contributed by atoms with Gasteiger partial charge in [-0.25, -0.2) is 0 Å². The van der Waals surface area contributed by atoms with E-state index in [1.807, 2.05) is 0 Å². The van der Waals surface area contributed by atoms with E-state index in [9.17, 15) is 9.59 Å². The summed E-state index contributed by atoms with van der Waals surface area (Å²) in [4.78, 5) is 20.9. The second-order valence-corrected chi connectivity index (χ2v) is 2.46. The van der Waals surface area contributed by atoms with Crippen molar-refractivity contribution >= 4 is 11.6 Å². The second kappa shape index (κ2) is 4.17. The topological polar surface area (TPSA) is 60.2 Å². The maximum atomic E-state index is 10.5. The van der Waals surface area contributed by atoms with Gasteiger partial charge >= 0.3 is 0 Å². The highest BCUT2D eigenvalue weighted by Crippen LogP contribution is 1.95. The van der Waals surface area contributed by atoms with Crippen molar-refractivity contribution in [3.05, 3.63) is 0 Å². The van der Waals surface area contributed by atoms with E-state index in [1.54, 1.807) is 0 Å². The molecule has 3 nitrogen and oxygen atoms in total. The molecule has 0 aromatic rings. The fourth-order valence-electron chi connectivity index (χ4n) is 0.562. The van der Waals surface area contributed by atoms with E-state index in [-0.39, 0.29) is 11.6 Å². The normalized spacial score (nSPS) is 12.7. The molecule has 58 valence electrons. The molecular formula is C7H13NO2. The number of nitrogens with two attached hydrogens (primary N) is 1. The van der Waals surface area contributed by atoms with Crippen LogP contribution in [0.3, 0.4) is 0 Å². The first kappa shape index (κ1) is 9.30. The van der Waals surface area contributed by atoms with Crippen LogP contribution in [0.15, 0.2) is 0 Å². The van der Waals surface area contributed by atoms with E-state index in [4.69, 9.17) is 5.73 Å². The average molecular weight is 143 g/mol. The molecule has 0 aromatic carbocycles. The standard InChI is InChI=1S/C7H13NO2/c1-5(9)3-4-7(8)6(2)10/h7H,3-4,8H2,1-2H3/t7-/m0/s1. The predicted octanol–water partition coefficient (Wildman–Crippen LogP) is 0.272. The van der Waals surface area contributed by atoms with Gasteiger partial charge in [0.05, 0.1) is 6.04 Å². The van der Waals surface area contributed by atoms with Crippen molar-refractivity contribution in [2.45, 2.75) is 32.7 Å². The van der Waals surface area contributed by atoms with Gasteiger partial charge in [0, 0.05) is 6.42 Å². The molecular weight excluding hydrogens is 130 g/mol. The van der Waals surface area contributed by atoms with Gasteiger partial charge in [-0.3, -0.25) is 4.79 Å². The van der Waals surface area contributed by atoms with E-state index in [0.29, 0.717) is 12.8 Å². The lowest BCUT2D eigenvalue weighted by atomic mass is 10.1. The third kappa shape index (κ3) is 4.21. The highest BCUT2D eigenvalue weighted by Gasteiger charge is 2.07. The third-order valence-corrected chi connectivity index (χ3v) is 1.33. The molecule has 0 saturated carbocycles. The number of rotatable bonds is 4. The zero-order valence-electron chi connectivity index (χ0n) is 6.39. The lowest BCUT2D eigenvalue weighted by Crippen LogP contribution is -2.28. The number of carbonyl (C=O) groups is 2. The van der Waals surface area contributed by atoms with E-state index in [2.05, 4.69) is 0 Å². The van der Waals surface area contributed by atoms with Crippen LogP contribution in [0.25, 0.3) is 0 Å².